The summed E-state index contributed by atoms with van der Waals surface area (Å²) in [7, 11) is 0. The Morgan fingerprint density at radius 1 is 1.22 bits per heavy atom. The van der Waals surface area contributed by atoms with Crippen LogP contribution in [0.5, 0.6) is 0 Å². The van der Waals surface area contributed by atoms with E-state index in [0.29, 0.717) is 12.8 Å². The lowest BCUT2D eigenvalue weighted by Gasteiger charge is -1.91. The van der Waals surface area contributed by atoms with Crippen molar-refractivity contribution < 1.29 is 15.0 Å². The zero-order valence-electron chi connectivity index (χ0n) is 5.30. The van der Waals surface area contributed by atoms with Gasteiger partial charge >= 0.3 is 5.97 Å². The maximum atomic E-state index is 9.79. The third-order valence-corrected chi connectivity index (χ3v) is 1.04. The maximum absolute atomic E-state index is 9.79. The Morgan fingerprint density at radius 3 is 2.33 bits per heavy atom. The van der Waals surface area contributed by atoms with E-state index in [1.54, 1.807) is 0 Å². The number of rotatable bonds is 5. The van der Waals surface area contributed by atoms with Crippen LogP contribution >= 0.6 is 0 Å². The van der Waals surface area contributed by atoms with Gasteiger partial charge in [-0.05, 0) is 12.8 Å². The molecule has 0 aliphatic rings. The quantitative estimate of drug-likeness (QED) is 0.552. The van der Waals surface area contributed by atoms with Gasteiger partial charge in [0.15, 0.2) is 0 Å². The molecule has 3 nitrogen and oxygen atoms in total. The van der Waals surface area contributed by atoms with Crippen molar-refractivity contribution in [1.29, 1.82) is 0 Å². The molecule has 0 spiro atoms. The summed E-state index contributed by atoms with van der Waals surface area (Å²) in [5.41, 5.74) is 0. The van der Waals surface area contributed by atoms with Crippen LogP contribution in [0, 0.1) is 0 Å². The minimum absolute atomic E-state index is 0.111. The number of carbonyl (C=O) groups is 1. The van der Waals surface area contributed by atoms with Gasteiger partial charge in [-0.3, -0.25) is 0 Å². The van der Waals surface area contributed by atoms with Crippen LogP contribution in [0.1, 0.15) is 25.7 Å². The highest BCUT2D eigenvalue weighted by atomic mass is 16.4. The van der Waals surface area contributed by atoms with E-state index in [1.807, 2.05) is 0 Å². The van der Waals surface area contributed by atoms with E-state index >= 15 is 0 Å². The molecule has 1 radical (unpaired) electrons. The van der Waals surface area contributed by atoms with Crippen molar-refractivity contribution in [2.75, 3.05) is 6.61 Å². The summed E-state index contributed by atoms with van der Waals surface area (Å²) in [6.45, 7) is 0.146. The lowest BCUT2D eigenvalue weighted by Crippen LogP contribution is -1.92. The minimum atomic E-state index is -1.01. The summed E-state index contributed by atoms with van der Waals surface area (Å²) in [6.07, 6.45) is 2.18. The average molecular weight is 131 g/mol. The van der Waals surface area contributed by atoms with Crippen molar-refractivity contribution >= 4 is 5.97 Å². The molecule has 0 aromatic rings. The fourth-order valence-corrected chi connectivity index (χ4v) is 0.558. The van der Waals surface area contributed by atoms with E-state index in [1.165, 1.54) is 0 Å². The molecule has 0 bridgehead atoms. The Bertz CT molecular complexity index is 80.4. The molecule has 0 aromatic carbocycles. The van der Waals surface area contributed by atoms with Crippen LogP contribution in [-0.4, -0.2) is 17.7 Å². The second kappa shape index (κ2) is 5.56. The molecular weight excluding hydrogens is 120 g/mol. The summed E-state index contributed by atoms with van der Waals surface area (Å²) in [5.74, 6) is -1.01. The van der Waals surface area contributed by atoms with Crippen LogP contribution < -0.4 is 0 Å². The number of aliphatic hydroxyl groups excluding tert-OH is 1. The van der Waals surface area contributed by atoms with Gasteiger partial charge in [0.2, 0.25) is 0 Å². The smallest absolute Gasteiger partial charge is 0.355 e. The zero-order chi connectivity index (χ0) is 7.11. The van der Waals surface area contributed by atoms with Gasteiger partial charge in [-0.15, -0.1) is 0 Å². The lowest BCUT2D eigenvalue weighted by atomic mass is 10.2. The van der Waals surface area contributed by atoms with Crippen molar-refractivity contribution in [3.63, 3.8) is 0 Å². The van der Waals surface area contributed by atoms with Crippen molar-refractivity contribution in [1.82, 2.24) is 0 Å². The van der Waals surface area contributed by atoms with Gasteiger partial charge in [0.05, 0.1) is 6.42 Å². The fourth-order valence-electron chi connectivity index (χ4n) is 0.558. The molecule has 3 heteroatoms. The average Bonchev–Trinajstić information content (AvgIpc) is 1.80. The summed E-state index contributed by atoms with van der Waals surface area (Å²) in [6, 6.07) is 0. The number of carbonyl (C=O) groups excluding carboxylic acids is 1. The molecule has 1 N–H and O–H groups in total. The van der Waals surface area contributed by atoms with E-state index in [-0.39, 0.29) is 13.0 Å². The Hall–Kier alpha value is -0.570. The van der Waals surface area contributed by atoms with Crippen molar-refractivity contribution in [3.05, 3.63) is 0 Å². The summed E-state index contributed by atoms with van der Waals surface area (Å²) < 4.78 is 0. The molecule has 0 rings (SSSR count). The molecule has 0 atom stereocenters. The lowest BCUT2D eigenvalue weighted by molar-refractivity contribution is -0.143. The predicted molar refractivity (Wildman–Crippen MR) is 31.2 cm³/mol. The van der Waals surface area contributed by atoms with Crippen molar-refractivity contribution in [2.45, 2.75) is 25.7 Å². The number of unbranched alkanes of at least 4 members (excludes halogenated alkanes) is 2. The Kier molecular flexibility index (Phi) is 5.21. The maximum Gasteiger partial charge on any atom is 0.355 e. The highest BCUT2D eigenvalue weighted by molar-refractivity contribution is 5.66. The van der Waals surface area contributed by atoms with Crippen molar-refractivity contribution in [3.8, 4) is 0 Å². The van der Waals surface area contributed by atoms with E-state index in [4.69, 9.17) is 5.11 Å². The molecule has 53 valence electrons. The standard InChI is InChI=1S/C6H11O3/c7-5-3-1-2-4-6(8)9/h7H,1-5H2. The van der Waals surface area contributed by atoms with E-state index in [2.05, 4.69) is 0 Å². The monoisotopic (exact) mass is 131 g/mol. The first-order chi connectivity index (χ1) is 4.27. The molecule has 0 heterocycles. The molecule has 0 amide bonds. The van der Waals surface area contributed by atoms with Gasteiger partial charge < -0.3 is 5.11 Å². The number of aliphatic hydroxyl groups is 1. The highest BCUT2D eigenvalue weighted by Gasteiger charge is 1.96. The highest BCUT2D eigenvalue weighted by Crippen LogP contribution is 1.97. The second-order valence-corrected chi connectivity index (χ2v) is 1.91. The molecule has 9 heavy (non-hydrogen) atoms. The van der Waals surface area contributed by atoms with Crippen LogP contribution in [0.25, 0.3) is 0 Å². The van der Waals surface area contributed by atoms with Gasteiger partial charge in [0, 0.05) is 6.61 Å². The zero-order valence-corrected chi connectivity index (χ0v) is 5.30. The third kappa shape index (κ3) is 7.43. The molecule has 0 saturated carbocycles. The molecule has 0 saturated heterocycles. The summed E-state index contributed by atoms with van der Waals surface area (Å²) >= 11 is 0. The number of hydrogen-bond donors (Lipinski definition) is 1. The van der Waals surface area contributed by atoms with Gasteiger partial charge in [-0.1, -0.05) is 6.42 Å². The molecule has 0 aliphatic carbocycles. The van der Waals surface area contributed by atoms with Crippen molar-refractivity contribution in [2.24, 2.45) is 0 Å². The van der Waals surface area contributed by atoms with Gasteiger partial charge in [-0.25, -0.2) is 9.90 Å². The van der Waals surface area contributed by atoms with Gasteiger partial charge in [0.1, 0.15) is 0 Å². The molecule has 0 aromatic heterocycles. The van der Waals surface area contributed by atoms with E-state index < -0.39 is 5.97 Å². The topological polar surface area (TPSA) is 57.2 Å². The van der Waals surface area contributed by atoms with Gasteiger partial charge in [0.25, 0.3) is 0 Å². The van der Waals surface area contributed by atoms with Gasteiger partial charge in [-0.2, -0.15) is 0 Å². The van der Waals surface area contributed by atoms with Crippen LogP contribution in [-0.2, 0) is 9.90 Å². The number of hydrogen-bond acceptors (Lipinski definition) is 2. The van der Waals surface area contributed by atoms with Crippen LogP contribution in [0.3, 0.4) is 0 Å². The first-order valence-corrected chi connectivity index (χ1v) is 3.08. The Balaban J connectivity index is 2.83. The SMILES string of the molecule is [O]C(=O)CCCCCO. The van der Waals surface area contributed by atoms with Crippen LogP contribution in [0.2, 0.25) is 0 Å². The molecule has 0 unspecified atom stereocenters. The third-order valence-electron chi connectivity index (χ3n) is 1.04. The van der Waals surface area contributed by atoms with E-state index in [9.17, 15) is 9.90 Å². The Morgan fingerprint density at radius 2 is 1.89 bits per heavy atom. The largest absolute Gasteiger partial charge is 0.396 e. The van der Waals surface area contributed by atoms with E-state index in [0.717, 1.165) is 6.42 Å². The van der Waals surface area contributed by atoms with Crippen LogP contribution in [0.15, 0.2) is 0 Å². The fraction of sp³-hybridized carbons (Fsp3) is 0.833. The molecular formula is C6H11O3. The first kappa shape index (κ1) is 8.43. The summed E-state index contributed by atoms with van der Waals surface area (Å²) in [4.78, 5) is 9.79. The second-order valence-electron chi connectivity index (χ2n) is 1.91. The summed E-state index contributed by atoms with van der Waals surface area (Å²) in [5, 5.41) is 18.1. The minimum Gasteiger partial charge on any atom is -0.396 e. The molecule has 0 aliphatic heterocycles. The molecule has 0 fully saturated rings. The van der Waals surface area contributed by atoms with Crippen LogP contribution in [0.4, 0.5) is 0 Å². The Labute approximate surface area is 54.3 Å². The predicted octanol–water partition coefficient (Wildman–Crippen LogP) is 0.496. The first-order valence-electron chi connectivity index (χ1n) is 3.08. The normalized spacial score (nSPS) is 9.44.